The Hall–Kier alpha value is -8.18. The Morgan fingerprint density at radius 1 is 0.234 bits per heavy atom. The van der Waals surface area contributed by atoms with Gasteiger partial charge in [0, 0.05) is 38.6 Å². The van der Waals surface area contributed by atoms with Crippen LogP contribution in [0.5, 0.6) is 0 Å². The molecule has 0 aliphatic carbocycles. The number of nitrogens with zero attached hydrogens (tertiary/aromatic N) is 3. The van der Waals surface area contributed by atoms with Crippen molar-refractivity contribution in [1.29, 1.82) is 0 Å². The highest BCUT2D eigenvalue weighted by Crippen LogP contribution is 2.43. The molecular formula is C60H41N3Si. The molecule has 3 heterocycles. The van der Waals surface area contributed by atoms with Crippen LogP contribution in [-0.2, 0) is 0 Å². The van der Waals surface area contributed by atoms with E-state index >= 15 is 0 Å². The van der Waals surface area contributed by atoms with Crippen molar-refractivity contribution >= 4 is 83.5 Å². The topological polar surface area (TPSA) is 14.8 Å². The Morgan fingerprint density at radius 2 is 0.609 bits per heavy atom. The van der Waals surface area contributed by atoms with Crippen molar-refractivity contribution in [3.8, 4) is 28.2 Å². The van der Waals surface area contributed by atoms with Gasteiger partial charge < -0.3 is 13.7 Å². The van der Waals surface area contributed by atoms with E-state index in [9.17, 15) is 0 Å². The minimum Gasteiger partial charge on any atom is -0.309 e. The largest absolute Gasteiger partial charge is 0.309 e. The summed E-state index contributed by atoms with van der Waals surface area (Å²) >= 11 is 0. The van der Waals surface area contributed by atoms with Gasteiger partial charge in [0.2, 0.25) is 0 Å². The van der Waals surface area contributed by atoms with Crippen molar-refractivity contribution in [2.45, 2.75) is 0 Å². The highest BCUT2D eigenvalue weighted by molar-refractivity contribution is 7.19. The summed E-state index contributed by atoms with van der Waals surface area (Å²) in [6.45, 7) is 0. The van der Waals surface area contributed by atoms with Gasteiger partial charge in [0.15, 0.2) is 8.07 Å². The summed E-state index contributed by atoms with van der Waals surface area (Å²) in [5.74, 6) is 0. The Kier molecular flexibility index (Phi) is 8.23. The van der Waals surface area contributed by atoms with Crippen molar-refractivity contribution in [2.24, 2.45) is 0 Å². The minimum absolute atomic E-state index is 1.15. The fraction of sp³-hybridized carbons (Fsp3) is 0. The fourth-order valence-electron chi connectivity index (χ4n) is 10.9. The zero-order valence-electron chi connectivity index (χ0n) is 35.0. The lowest BCUT2D eigenvalue weighted by Crippen LogP contribution is -2.74. The molecule has 0 aliphatic rings. The van der Waals surface area contributed by atoms with E-state index in [1.165, 1.54) is 92.2 Å². The molecule has 0 saturated carbocycles. The van der Waals surface area contributed by atoms with E-state index in [1.807, 2.05) is 0 Å². The summed E-state index contributed by atoms with van der Waals surface area (Å²) in [5, 5.41) is 10.5. The lowest BCUT2D eigenvalue weighted by molar-refractivity contribution is 1.15. The molecule has 0 saturated heterocycles. The van der Waals surface area contributed by atoms with Crippen molar-refractivity contribution in [3.05, 3.63) is 249 Å². The van der Waals surface area contributed by atoms with Crippen LogP contribution in [0.3, 0.4) is 0 Å². The molecule has 0 unspecified atom stereocenters. The smallest absolute Gasteiger partial charge is 0.179 e. The monoisotopic (exact) mass is 831 g/mol. The third kappa shape index (κ3) is 5.33. The molecule has 300 valence electrons. The summed E-state index contributed by atoms with van der Waals surface area (Å²) < 4.78 is 7.32. The van der Waals surface area contributed by atoms with Gasteiger partial charge in [-0.1, -0.05) is 176 Å². The van der Waals surface area contributed by atoms with Crippen molar-refractivity contribution in [1.82, 2.24) is 13.7 Å². The molecule has 0 fully saturated rings. The van der Waals surface area contributed by atoms with E-state index in [4.69, 9.17) is 0 Å². The van der Waals surface area contributed by atoms with Gasteiger partial charge in [0.1, 0.15) is 0 Å². The van der Waals surface area contributed by atoms with Gasteiger partial charge in [0.25, 0.3) is 0 Å². The number of fused-ring (bicyclic) bond motifs is 3. The quantitative estimate of drug-likeness (QED) is 0.107. The van der Waals surface area contributed by atoms with Crippen LogP contribution >= 0.6 is 0 Å². The summed E-state index contributed by atoms with van der Waals surface area (Å²) in [7, 11) is -2.76. The lowest BCUT2D eigenvalue weighted by Gasteiger charge is -2.34. The molecule has 0 atom stereocenters. The maximum Gasteiger partial charge on any atom is 0.179 e. The molecule has 10 aromatic carbocycles. The SMILES string of the molecule is c1ccc(-c2ccc([Si](c3ccccc3)(c3ccccc3)c3ccc(-n4c5ccccc5c5cc(-n6c7cccc8c7c7c(cccc76)n8-c6ccccc6)ccc54)cc3)cc2)cc1. The van der Waals surface area contributed by atoms with Gasteiger partial charge >= 0.3 is 0 Å². The third-order valence-corrected chi connectivity index (χ3v) is 18.4. The fourth-order valence-corrected chi connectivity index (χ4v) is 15.6. The Bertz CT molecular complexity index is 3690. The van der Waals surface area contributed by atoms with Gasteiger partial charge in [-0.3, -0.25) is 0 Å². The maximum atomic E-state index is 2.46. The Balaban J connectivity index is 0.973. The maximum absolute atomic E-state index is 2.76. The molecule has 13 aromatic rings. The van der Waals surface area contributed by atoms with Crippen LogP contribution in [0.1, 0.15) is 0 Å². The number of hydrogen-bond donors (Lipinski definition) is 0. The normalized spacial score (nSPS) is 12.1. The summed E-state index contributed by atoms with van der Waals surface area (Å²) in [5.41, 5.74) is 13.2. The standard InChI is InChI=1S/C60H41N3Si/c1-5-17-42(18-6-1)43-31-36-49(37-32-43)64(47-21-9-3-10-22-47,48-23-11-4-12-24-48)50-38-33-45(34-39-50)61-53-26-14-13-25-51(53)52-41-46(35-40-54(52)61)63-57-29-15-27-55-59(57)60-56(28-16-30-58(60)63)62(55)44-19-7-2-8-20-44/h1-41H. The third-order valence-electron chi connectivity index (χ3n) is 13.6. The van der Waals surface area contributed by atoms with Crippen LogP contribution in [0.15, 0.2) is 249 Å². The summed E-state index contributed by atoms with van der Waals surface area (Å²) in [6, 6.07) is 92.1. The predicted molar refractivity (Wildman–Crippen MR) is 272 cm³/mol. The molecule has 4 heteroatoms. The first-order valence-corrected chi connectivity index (χ1v) is 24.1. The van der Waals surface area contributed by atoms with Crippen LogP contribution < -0.4 is 20.7 Å². The number of benzene rings is 10. The summed E-state index contributed by atoms with van der Waals surface area (Å²) in [6.07, 6.45) is 0. The van der Waals surface area contributed by atoms with E-state index in [0.29, 0.717) is 0 Å². The van der Waals surface area contributed by atoms with Gasteiger partial charge in [0.05, 0.1) is 33.1 Å². The predicted octanol–water partition coefficient (Wildman–Crippen LogP) is 12.3. The average molecular weight is 832 g/mol. The molecule has 0 N–H and O–H groups in total. The summed E-state index contributed by atoms with van der Waals surface area (Å²) in [4.78, 5) is 0. The average Bonchev–Trinajstić information content (AvgIpc) is 4.02. The second kappa shape index (κ2) is 14.5. The van der Waals surface area contributed by atoms with Crippen LogP contribution in [0, 0.1) is 0 Å². The number of hydrogen-bond acceptors (Lipinski definition) is 0. The molecule has 0 radical (unpaired) electrons. The van der Waals surface area contributed by atoms with Gasteiger partial charge in [-0.2, -0.15) is 0 Å². The van der Waals surface area contributed by atoms with E-state index in [2.05, 4.69) is 262 Å². The number of para-hydroxylation sites is 2. The highest BCUT2D eigenvalue weighted by atomic mass is 28.3. The van der Waals surface area contributed by atoms with Crippen LogP contribution in [0.25, 0.3) is 82.8 Å². The zero-order chi connectivity index (χ0) is 42.2. The highest BCUT2D eigenvalue weighted by Gasteiger charge is 2.41. The molecule has 0 spiro atoms. The van der Waals surface area contributed by atoms with Gasteiger partial charge in [-0.15, -0.1) is 0 Å². The van der Waals surface area contributed by atoms with Gasteiger partial charge in [-0.25, -0.2) is 0 Å². The molecule has 0 aliphatic heterocycles. The lowest BCUT2D eigenvalue weighted by atomic mass is 10.1. The molecule has 0 amide bonds. The minimum atomic E-state index is -2.76. The first kappa shape index (κ1) is 36.5. The van der Waals surface area contributed by atoms with Crippen molar-refractivity contribution in [3.63, 3.8) is 0 Å². The Labute approximate surface area is 372 Å². The second-order valence-corrected chi connectivity index (χ2v) is 20.7. The van der Waals surface area contributed by atoms with Crippen LogP contribution in [0.4, 0.5) is 0 Å². The molecule has 3 aromatic heterocycles. The van der Waals surface area contributed by atoms with Crippen LogP contribution in [-0.4, -0.2) is 21.8 Å². The van der Waals surface area contributed by atoms with E-state index in [0.717, 1.165) is 11.4 Å². The molecule has 3 nitrogen and oxygen atoms in total. The van der Waals surface area contributed by atoms with Crippen LogP contribution in [0.2, 0.25) is 0 Å². The molecule has 13 rings (SSSR count). The first-order chi connectivity index (χ1) is 31.8. The van der Waals surface area contributed by atoms with Crippen molar-refractivity contribution < 1.29 is 0 Å². The molecule has 64 heavy (non-hydrogen) atoms. The first-order valence-electron chi connectivity index (χ1n) is 22.1. The number of rotatable bonds is 8. The molecule has 0 bridgehead atoms. The second-order valence-electron chi connectivity index (χ2n) is 16.9. The van der Waals surface area contributed by atoms with E-state index < -0.39 is 8.07 Å². The molecular weight excluding hydrogens is 791 g/mol. The van der Waals surface area contributed by atoms with E-state index in [1.54, 1.807) is 0 Å². The van der Waals surface area contributed by atoms with Gasteiger partial charge in [-0.05, 0) is 105 Å². The zero-order valence-corrected chi connectivity index (χ0v) is 36.0. The van der Waals surface area contributed by atoms with E-state index in [-0.39, 0.29) is 0 Å². The Morgan fingerprint density at radius 3 is 1.19 bits per heavy atom. The number of aromatic nitrogens is 3. The van der Waals surface area contributed by atoms with Crippen molar-refractivity contribution in [2.75, 3.05) is 0 Å².